The van der Waals surface area contributed by atoms with Gasteiger partial charge in [-0.2, -0.15) is 8.78 Å². The standard InChI is InChI=1S/C13H15F2NO5/c1-7(12(18)19)16(2)11(17)9-5-4-8(20-3)6-10(9)21-13(14)15/h4-7,13H,1-3H3,(H,18,19). The lowest BCUT2D eigenvalue weighted by molar-refractivity contribution is -0.141. The summed E-state index contributed by atoms with van der Waals surface area (Å²) in [6.45, 7) is -1.82. The lowest BCUT2D eigenvalue weighted by atomic mass is 10.1. The molecule has 1 unspecified atom stereocenters. The van der Waals surface area contributed by atoms with Gasteiger partial charge in [-0.3, -0.25) is 4.79 Å². The Labute approximate surface area is 119 Å². The molecule has 1 amide bonds. The second-order valence-electron chi connectivity index (χ2n) is 4.17. The monoisotopic (exact) mass is 303 g/mol. The highest BCUT2D eigenvalue weighted by Crippen LogP contribution is 2.27. The molecular weight excluding hydrogens is 288 g/mol. The Balaban J connectivity index is 3.15. The van der Waals surface area contributed by atoms with E-state index in [1.165, 1.54) is 33.2 Å². The van der Waals surface area contributed by atoms with Crippen molar-refractivity contribution in [2.24, 2.45) is 0 Å². The van der Waals surface area contributed by atoms with Gasteiger partial charge in [0, 0.05) is 13.1 Å². The highest BCUT2D eigenvalue weighted by Gasteiger charge is 2.26. The van der Waals surface area contributed by atoms with Gasteiger partial charge in [-0.25, -0.2) is 4.79 Å². The molecule has 0 aliphatic rings. The first-order valence-electron chi connectivity index (χ1n) is 5.90. The predicted molar refractivity (Wildman–Crippen MR) is 68.8 cm³/mol. The molecule has 1 rings (SSSR count). The van der Waals surface area contributed by atoms with E-state index in [-0.39, 0.29) is 17.1 Å². The van der Waals surface area contributed by atoms with Gasteiger partial charge in [0.25, 0.3) is 5.91 Å². The van der Waals surface area contributed by atoms with E-state index in [9.17, 15) is 18.4 Å². The summed E-state index contributed by atoms with van der Waals surface area (Å²) in [5, 5.41) is 8.88. The Kier molecular flexibility index (Phi) is 5.45. The van der Waals surface area contributed by atoms with Crippen molar-refractivity contribution >= 4 is 11.9 Å². The Morgan fingerprint density at radius 2 is 1.95 bits per heavy atom. The number of carboxylic acid groups (broad SMARTS) is 1. The molecular formula is C13H15F2NO5. The number of hydrogen-bond donors (Lipinski definition) is 1. The van der Waals surface area contributed by atoms with Gasteiger partial charge in [-0.1, -0.05) is 0 Å². The largest absolute Gasteiger partial charge is 0.497 e. The van der Waals surface area contributed by atoms with Crippen molar-refractivity contribution in [3.8, 4) is 11.5 Å². The molecule has 1 atom stereocenters. The summed E-state index contributed by atoms with van der Waals surface area (Å²) in [5.41, 5.74) is -0.174. The minimum Gasteiger partial charge on any atom is -0.497 e. The van der Waals surface area contributed by atoms with Gasteiger partial charge in [0.15, 0.2) is 0 Å². The molecule has 0 saturated heterocycles. The van der Waals surface area contributed by atoms with Crippen molar-refractivity contribution in [2.75, 3.05) is 14.2 Å². The van der Waals surface area contributed by atoms with Crippen LogP contribution in [0.2, 0.25) is 0 Å². The maximum Gasteiger partial charge on any atom is 0.387 e. The van der Waals surface area contributed by atoms with Gasteiger partial charge in [-0.15, -0.1) is 0 Å². The predicted octanol–water partition coefficient (Wildman–Crippen LogP) is 1.84. The van der Waals surface area contributed by atoms with Crippen molar-refractivity contribution in [1.29, 1.82) is 0 Å². The zero-order chi connectivity index (χ0) is 16.2. The normalized spacial score (nSPS) is 11.9. The fourth-order valence-electron chi connectivity index (χ4n) is 1.53. The van der Waals surface area contributed by atoms with E-state index < -0.39 is 24.5 Å². The van der Waals surface area contributed by atoms with Gasteiger partial charge in [0.1, 0.15) is 17.5 Å². The molecule has 0 heterocycles. The first-order chi connectivity index (χ1) is 9.77. The number of carbonyl (C=O) groups excluding carboxylic acids is 1. The summed E-state index contributed by atoms with van der Waals surface area (Å²) < 4.78 is 34.0. The van der Waals surface area contributed by atoms with Crippen LogP contribution in [0.15, 0.2) is 18.2 Å². The molecule has 6 nitrogen and oxygen atoms in total. The molecule has 116 valence electrons. The number of halogens is 2. The number of alkyl halides is 2. The first-order valence-corrected chi connectivity index (χ1v) is 5.90. The van der Waals surface area contributed by atoms with Gasteiger partial charge >= 0.3 is 12.6 Å². The van der Waals surface area contributed by atoms with Gasteiger partial charge in [-0.05, 0) is 19.1 Å². The van der Waals surface area contributed by atoms with E-state index in [1.54, 1.807) is 0 Å². The zero-order valence-corrected chi connectivity index (χ0v) is 11.7. The Hall–Kier alpha value is -2.38. The topological polar surface area (TPSA) is 76.1 Å². The number of benzene rings is 1. The third-order valence-corrected chi connectivity index (χ3v) is 2.89. The first kappa shape index (κ1) is 16.7. The number of carbonyl (C=O) groups is 2. The van der Waals surface area contributed by atoms with Crippen molar-refractivity contribution in [3.63, 3.8) is 0 Å². The van der Waals surface area contributed by atoms with Crippen LogP contribution in [0.3, 0.4) is 0 Å². The third kappa shape index (κ3) is 4.04. The Morgan fingerprint density at radius 1 is 1.33 bits per heavy atom. The molecule has 0 aromatic heterocycles. The molecule has 1 aromatic carbocycles. The fourth-order valence-corrected chi connectivity index (χ4v) is 1.53. The van der Waals surface area contributed by atoms with Crippen LogP contribution < -0.4 is 9.47 Å². The molecule has 8 heteroatoms. The maximum atomic E-state index is 12.4. The van der Waals surface area contributed by atoms with Crippen LogP contribution in [0, 0.1) is 0 Å². The summed E-state index contributed by atoms with van der Waals surface area (Å²) in [6, 6.07) is 2.66. The van der Waals surface area contributed by atoms with E-state index in [1.807, 2.05) is 0 Å². The summed E-state index contributed by atoms with van der Waals surface area (Å²) in [5.74, 6) is -2.10. The highest BCUT2D eigenvalue weighted by atomic mass is 19.3. The fraction of sp³-hybridized carbons (Fsp3) is 0.385. The van der Waals surface area contributed by atoms with Crippen LogP contribution in [-0.4, -0.2) is 48.7 Å². The van der Waals surface area contributed by atoms with Crippen molar-refractivity contribution in [3.05, 3.63) is 23.8 Å². The molecule has 0 aliphatic carbocycles. The van der Waals surface area contributed by atoms with Crippen molar-refractivity contribution < 1.29 is 33.0 Å². The lowest BCUT2D eigenvalue weighted by Crippen LogP contribution is -2.40. The van der Waals surface area contributed by atoms with E-state index >= 15 is 0 Å². The Bertz CT molecular complexity index is 535. The second kappa shape index (κ2) is 6.87. The number of hydrogen-bond acceptors (Lipinski definition) is 4. The number of likely N-dealkylation sites (N-methyl/N-ethyl adjacent to an activating group) is 1. The number of carboxylic acids is 1. The van der Waals surface area contributed by atoms with Crippen LogP contribution in [0.4, 0.5) is 8.78 Å². The van der Waals surface area contributed by atoms with Crippen LogP contribution in [0.5, 0.6) is 11.5 Å². The minimum absolute atomic E-state index is 0.174. The number of rotatable bonds is 6. The Morgan fingerprint density at radius 3 is 2.43 bits per heavy atom. The number of amides is 1. The summed E-state index contributed by atoms with van der Waals surface area (Å²) in [7, 11) is 2.60. The SMILES string of the molecule is COc1ccc(C(=O)N(C)C(C)C(=O)O)c(OC(F)F)c1. The number of aliphatic carboxylic acids is 1. The lowest BCUT2D eigenvalue weighted by Gasteiger charge is -2.22. The molecule has 0 aliphatic heterocycles. The maximum absolute atomic E-state index is 12.4. The molecule has 0 spiro atoms. The molecule has 21 heavy (non-hydrogen) atoms. The quantitative estimate of drug-likeness (QED) is 0.868. The highest BCUT2D eigenvalue weighted by molar-refractivity contribution is 5.98. The summed E-state index contributed by atoms with van der Waals surface area (Å²) in [6.07, 6.45) is 0. The second-order valence-corrected chi connectivity index (χ2v) is 4.17. The van der Waals surface area contributed by atoms with Gasteiger partial charge in [0.2, 0.25) is 0 Å². The van der Waals surface area contributed by atoms with Crippen LogP contribution in [0.25, 0.3) is 0 Å². The van der Waals surface area contributed by atoms with Gasteiger partial charge in [0.05, 0.1) is 12.7 Å². The van der Waals surface area contributed by atoms with Crippen molar-refractivity contribution in [1.82, 2.24) is 4.90 Å². The average Bonchev–Trinajstić information content (AvgIpc) is 2.44. The smallest absolute Gasteiger partial charge is 0.387 e. The zero-order valence-electron chi connectivity index (χ0n) is 11.7. The molecule has 0 radical (unpaired) electrons. The average molecular weight is 303 g/mol. The molecule has 1 N–H and O–H groups in total. The van der Waals surface area contributed by atoms with E-state index in [0.717, 1.165) is 11.0 Å². The minimum atomic E-state index is -3.12. The van der Waals surface area contributed by atoms with Crippen LogP contribution in [0.1, 0.15) is 17.3 Å². The van der Waals surface area contributed by atoms with E-state index in [0.29, 0.717) is 0 Å². The number of methoxy groups -OCH3 is 1. The summed E-state index contributed by atoms with van der Waals surface area (Å²) >= 11 is 0. The summed E-state index contributed by atoms with van der Waals surface area (Å²) in [4.78, 5) is 24.0. The van der Waals surface area contributed by atoms with E-state index in [4.69, 9.17) is 9.84 Å². The van der Waals surface area contributed by atoms with E-state index in [2.05, 4.69) is 4.74 Å². The molecule has 0 fully saturated rings. The molecule has 1 aromatic rings. The van der Waals surface area contributed by atoms with Crippen LogP contribution in [-0.2, 0) is 4.79 Å². The molecule has 0 bridgehead atoms. The number of nitrogens with zero attached hydrogens (tertiary/aromatic N) is 1. The van der Waals surface area contributed by atoms with Gasteiger partial charge < -0.3 is 19.5 Å². The number of ether oxygens (including phenoxy) is 2. The third-order valence-electron chi connectivity index (χ3n) is 2.89. The van der Waals surface area contributed by atoms with Crippen LogP contribution >= 0.6 is 0 Å². The molecule has 0 saturated carbocycles. The van der Waals surface area contributed by atoms with Crippen molar-refractivity contribution in [2.45, 2.75) is 19.6 Å².